The van der Waals surface area contributed by atoms with Crippen LogP contribution in [0.25, 0.3) is 0 Å². The van der Waals surface area contributed by atoms with Gasteiger partial charge in [0.2, 0.25) is 5.91 Å². The second-order valence-corrected chi connectivity index (χ2v) is 11.4. The fourth-order valence-electron chi connectivity index (χ4n) is 4.95. The molecule has 0 aromatic heterocycles. The van der Waals surface area contributed by atoms with Crippen molar-refractivity contribution < 1.29 is 20.1 Å². The van der Waals surface area contributed by atoms with E-state index in [1.165, 1.54) is 96.3 Å². The lowest BCUT2D eigenvalue weighted by Gasteiger charge is -2.23. The summed E-state index contributed by atoms with van der Waals surface area (Å²) in [5, 5.41) is 32.9. The summed E-state index contributed by atoms with van der Waals surface area (Å²) < 4.78 is 0. The van der Waals surface area contributed by atoms with Crippen LogP contribution < -0.4 is 5.32 Å². The van der Waals surface area contributed by atoms with Crippen LogP contribution in [0.4, 0.5) is 0 Å². The predicted molar refractivity (Wildman–Crippen MR) is 162 cm³/mol. The highest BCUT2D eigenvalue weighted by atomic mass is 16.3. The number of nitrogens with one attached hydrogen (secondary N) is 1. The molecule has 0 saturated carbocycles. The van der Waals surface area contributed by atoms with Crippen LogP contribution in [0.1, 0.15) is 168 Å². The molecule has 0 spiro atoms. The number of carbonyl (C=O) groups excluding carboxylic acids is 1. The Kier molecular flexibility index (Phi) is 28.4. The van der Waals surface area contributed by atoms with Crippen LogP contribution in [0, 0.1) is 0 Å². The maximum Gasteiger partial charge on any atom is 0.249 e. The number of carbonyl (C=O) groups is 1. The molecule has 0 heterocycles. The maximum atomic E-state index is 12.3. The van der Waals surface area contributed by atoms with Crippen molar-refractivity contribution in [1.29, 1.82) is 0 Å². The van der Waals surface area contributed by atoms with Crippen LogP contribution in [-0.4, -0.2) is 46.1 Å². The maximum absolute atomic E-state index is 12.3. The summed E-state index contributed by atoms with van der Waals surface area (Å²) in [7, 11) is 0. The number of rotatable bonds is 29. The van der Waals surface area contributed by atoms with Gasteiger partial charge in [-0.3, -0.25) is 4.79 Å². The number of unbranched alkanes of at least 4 members (excludes halogenated alkanes) is 19. The molecule has 3 atom stereocenters. The summed E-state index contributed by atoms with van der Waals surface area (Å²) in [6, 6.07) is -0.709. The average Bonchev–Trinajstić information content (AvgIpc) is 2.92. The van der Waals surface area contributed by atoms with E-state index in [-0.39, 0.29) is 6.61 Å². The van der Waals surface area contributed by atoms with Crippen LogP contribution in [0.3, 0.4) is 0 Å². The van der Waals surface area contributed by atoms with Crippen LogP contribution in [0.2, 0.25) is 0 Å². The van der Waals surface area contributed by atoms with E-state index in [9.17, 15) is 20.1 Å². The fraction of sp³-hybridized carbons (Fsp3) is 0.909. The zero-order chi connectivity index (χ0) is 28.1. The van der Waals surface area contributed by atoms with Gasteiger partial charge in [-0.15, -0.1) is 0 Å². The number of hydrogen-bond acceptors (Lipinski definition) is 4. The van der Waals surface area contributed by atoms with Crippen molar-refractivity contribution in [3.8, 4) is 0 Å². The third kappa shape index (κ3) is 24.2. The second kappa shape index (κ2) is 29.1. The van der Waals surface area contributed by atoms with Gasteiger partial charge in [-0.2, -0.15) is 0 Å². The van der Waals surface area contributed by atoms with Gasteiger partial charge in [0.05, 0.1) is 18.8 Å². The summed E-state index contributed by atoms with van der Waals surface area (Å²) in [5.74, 6) is -0.483. The molecule has 0 aliphatic carbocycles. The Bertz CT molecular complexity index is 525. The Morgan fingerprint density at radius 1 is 0.605 bits per heavy atom. The molecule has 5 heteroatoms. The summed E-state index contributed by atoms with van der Waals surface area (Å²) in [5.41, 5.74) is 0. The van der Waals surface area contributed by atoms with E-state index in [2.05, 4.69) is 31.3 Å². The molecule has 0 bridgehead atoms. The van der Waals surface area contributed by atoms with Crippen LogP contribution in [0.15, 0.2) is 12.2 Å². The zero-order valence-corrected chi connectivity index (χ0v) is 25.3. The second-order valence-electron chi connectivity index (χ2n) is 11.4. The molecule has 0 aliphatic rings. The molecule has 5 nitrogen and oxygen atoms in total. The summed E-state index contributed by atoms with van der Waals surface area (Å²) in [4.78, 5) is 12.3. The van der Waals surface area contributed by atoms with Gasteiger partial charge in [0.1, 0.15) is 6.10 Å². The van der Waals surface area contributed by atoms with Crippen molar-refractivity contribution in [2.75, 3.05) is 6.61 Å². The average molecular weight is 540 g/mol. The molecular formula is C33H65NO4. The summed E-state index contributed by atoms with van der Waals surface area (Å²) in [6.45, 7) is 4.17. The molecule has 0 aromatic carbocycles. The molecule has 0 radical (unpaired) electrons. The first-order chi connectivity index (χ1) is 18.6. The first-order valence-electron chi connectivity index (χ1n) is 16.5. The van der Waals surface area contributed by atoms with Gasteiger partial charge in [0.25, 0.3) is 0 Å². The molecule has 38 heavy (non-hydrogen) atoms. The van der Waals surface area contributed by atoms with Crippen molar-refractivity contribution in [2.24, 2.45) is 0 Å². The minimum absolute atomic E-state index is 0.316. The van der Waals surface area contributed by atoms with E-state index >= 15 is 0 Å². The first-order valence-corrected chi connectivity index (χ1v) is 16.5. The molecular weight excluding hydrogens is 474 g/mol. The lowest BCUT2D eigenvalue weighted by Crippen LogP contribution is -2.49. The van der Waals surface area contributed by atoms with Gasteiger partial charge in [-0.05, 0) is 38.5 Å². The van der Waals surface area contributed by atoms with Crippen molar-refractivity contribution in [3.05, 3.63) is 12.2 Å². The Morgan fingerprint density at radius 2 is 1.00 bits per heavy atom. The lowest BCUT2D eigenvalue weighted by atomic mass is 10.0. The topological polar surface area (TPSA) is 89.8 Å². The third-order valence-corrected chi connectivity index (χ3v) is 7.63. The molecule has 3 unspecified atom stereocenters. The van der Waals surface area contributed by atoms with Crippen LogP contribution in [0.5, 0.6) is 0 Å². The monoisotopic (exact) mass is 539 g/mol. The van der Waals surface area contributed by atoms with E-state index in [1.807, 2.05) is 0 Å². The largest absolute Gasteiger partial charge is 0.394 e. The molecule has 0 aliphatic heterocycles. The van der Waals surface area contributed by atoms with Gasteiger partial charge >= 0.3 is 0 Å². The minimum Gasteiger partial charge on any atom is -0.394 e. The SMILES string of the molecule is CCCCCCCCC/C=C\CCCCCCC(O)C(=O)NC(CO)C(O)CCCCCCCCCCC. The third-order valence-electron chi connectivity index (χ3n) is 7.63. The van der Waals surface area contributed by atoms with Crippen LogP contribution >= 0.6 is 0 Å². The molecule has 4 N–H and O–H groups in total. The summed E-state index contributed by atoms with van der Waals surface area (Å²) in [6.07, 6.45) is 30.5. The molecule has 226 valence electrons. The highest BCUT2D eigenvalue weighted by Crippen LogP contribution is 2.14. The molecule has 0 rings (SSSR count). The highest BCUT2D eigenvalue weighted by molar-refractivity contribution is 5.80. The van der Waals surface area contributed by atoms with Crippen molar-refractivity contribution >= 4 is 5.91 Å². The molecule has 1 amide bonds. The Hall–Kier alpha value is -0.910. The molecule has 0 saturated heterocycles. The Morgan fingerprint density at radius 3 is 1.45 bits per heavy atom. The van der Waals surface area contributed by atoms with E-state index in [4.69, 9.17) is 0 Å². The van der Waals surface area contributed by atoms with Gasteiger partial charge in [0, 0.05) is 0 Å². The summed E-state index contributed by atoms with van der Waals surface area (Å²) >= 11 is 0. The van der Waals surface area contributed by atoms with E-state index in [0.717, 1.165) is 44.9 Å². The van der Waals surface area contributed by atoms with Gasteiger partial charge in [-0.25, -0.2) is 0 Å². The number of hydrogen-bond donors (Lipinski definition) is 4. The van der Waals surface area contributed by atoms with Crippen molar-refractivity contribution in [2.45, 2.75) is 186 Å². The Balaban J connectivity index is 3.74. The fourth-order valence-corrected chi connectivity index (χ4v) is 4.95. The smallest absolute Gasteiger partial charge is 0.249 e. The standard InChI is InChI=1S/C33H65NO4/c1-3-5-7-9-11-13-14-15-16-17-18-20-22-24-26-28-32(37)33(38)34-30(29-35)31(36)27-25-23-21-19-12-10-8-6-4-2/h16-17,30-32,35-37H,3-15,18-29H2,1-2H3,(H,34,38)/b17-16-. The zero-order valence-electron chi connectivity index (χ0n) is 25.3. The van der Waals surface area contributed by atoms with E-state index in [1.54, 1.807) is 0 Å². The highest BCUT2D eigenvalue weighted by Gasteiger charge is 2.23. The lowest BCUT2D eigenvalue weighted by molar-refractivity contribution is -0.131. The predicted octanol–water partition coefficient (Wildman–Crippen LogP) is 8.14. The number of aliphatic hydroxyl groups excluding tert-OH is 3. The van der Waals surface area contributed by atoms with Crippen molar-refractivity contribution in [1.82, 2.24) is 5.32 Å². The van der Waals surface area contributed by atoms with Crippen LogP contribution in [-0.2, 0) is 4.79 Å². The normalized spacial score (nSPS) is 14.1. The van der Waals surface area contributed by atoms with Gasteiger partial charge in [0.15, 0.2) is 0 Å². The molecule has 0 fully saturated rings. The van der Waals surface area contributed by atoms with E-state index in [0.29, 0.717) is 12.8 Å². The number of amides is 1. The number of allylic oxidation sites excluding steroid dienone is 2. The Labute approximate surface area is 236 Å². The number of aliphatic hydroxyl groups is 3. The molecule has 0 aromatic rings. The van der Waals surface area contributed by atoms with Gasteiger partial charge < -0.3 is 20.6 Å². The first kappa shape index (κ1) is 37.1. The van der Waals surface area contributed by atoms with Gasteiger partial charge in [-0.1, -0.05) is 142 Å². The quantitative estimate of drug-likeness (QED) is 0.0570. The minimum atomic E-state index is -1.08. The van der Waals surface area contributed by atoms with E-state index < -0.39 is 24.2 Å². The van der Waals surface area contributed by atoms with Crippen molar-refractivity contribution in [3.63, 3.8) is 0 Å².